The zero-order chi connectivity index (χ0) is 17.6. The molecule has 0 unspecified atom stereocenters. The highest BCUT2D eigenvalue weighted by atomic mass is 32.2. The van der Waals surface area contributed by atoms with Crippen LogP contribution in [0.25, 0.3) is 11.5 Å². The van der Waals surface area contributed by atoms with Crippen molar-refractivity contribution in [2.24, 2.45) is 0 Å². The van der Waals surface area contributed by atoms with E-state index in [1.807, 2.05) is 6.07 Å². The predicted molar refractivity (Wildman–Crippen MR) is 92.0 cm³/mol. The summed E-state index contributed by atoms with van der Waals surface area (Å²) in [5.74, 6) is 0.384. The van der Waals surface area contributed by atoms with E-state index in [-0.39, 0.29) is 28.6 Å². The molecule has 0 atom stereocenters. The van der Waals surface area contributed by atoms with E-state index in [2.05, 4.69) is 15.5 Å². The number of methoxy groups -OCH3 is 1. The highest BCUT2D eigenvalue weighted by Crippen LogP contribution is 2.25. The summed E-state index contributed by atoms with van der Waals surface area (Å²) in [5.41, 5.74) is 1.20. The minimum absolute atomic E-state index is 0.100. The molecule has 3 aromatic rings. The third kappa shape index (κ3) is 4.36. The van der Waals surface area contributed by atoms with Crippen LogP contribution in [0.15, 0.2) is 58.2 Å². The summed E-state index contributed by atoms with van der Waals surface area (Å²) in [6.45, 7) is 0. The van der Waals surface area contributed by atoms with Crippen molar-refractivity contribution >= 4 is 23.4 Å². The Morgan fingerprint density at radius 2 is 1.96 bits per heavy atom. The van der Waals surface area contributed by atoms with E-state index in [1.165, 1.54) is 19.2 Å². The van der Waals surface area contributed by atoms with Gasteiger partial charge >= 0.3 is 0 Å². The van der Waals surface area contributed by atoms with Gasteiger partial charge in [0.05, 0.1) is 18.6 Å². The number of carbonyl (C=O) groups is 1. The molecule has 0 saturated heterocycles. The topological polar surface area (TPSA) is 77.2 Å². The molecule has 8 heteroatoms. The average molecular weight is 359 g/mol. The van der Waals surface area contributed by atoms with Crippen LogP contribution >= 0.6 is 11.8 Å². The van der Waals surface area contributed by atoms with E-state index >= 15 is 0 Å². The highest BCUT2D eigenvalue weighted by molar-refractivity contribution is 7.99. The summed E-state index contributed by atoms with van der Waals surface area (Å²) in [6.07, 6.45) is 0. The number of aromatic nitrogens is 2. The lowest BCUT2D eigenvalue weighted by Crippen LogP contribution is -2.14. The first-order chi connectivity index (χ1) is 12.2. The van der Waals surface area contributed by atoms with Crippen molar-refractivity contribution in [3.63, 3.8) is 0 Å². The summed E-state index contributed by atoms with van der Waals surface area (Å²) in [7, 11) is 1.54. The van der Waals surface area contributed by atoms with Gasteiger partial charge in [-0.25, -0.2) is 4.39 Å². The molecule has 3 rings (SSSR count). The van der Waals surface area contributed by atoms with Crippen LogP contribution in [0.2, 0.25) is 0 Å². The molecule has 0 fully saturated rings. The predicted octanol–water partition coefficient (Wildman–Crippen LogP) is 3.62. The summed E-state index contributed by atoms with van der Waals surface area (Å²) in [4.78, 5) is 12.0. The van der Waals surface area contributed by atoms with Crippen LogP contribution in [-0.2, 0) is 4.79 Å². The molecule has 0 aliphatic rings. The highest BCUT2D eigenvalue weighted by Gasteiger charge is 2.12. The number of ether oxygens (including phenoxy) is 1. The number of carbonyl (C=O) groups excluding carboxylic acids is 1. The molecule has 6 nitrogen and oxygen atoms in total. The number of amides is 1. The quantitative estimate of drug-likeness (QED) is 0.678. The van der Waals surface area contributed by atoms with Crippen LogP contribution < -0.4 is 10.1 Å². The zero-order valence-corrected chi connectivity index (χ0v) is 14.0. The maximum atomic E-state index is 12.9. The van der Waals surface area contributed by atoms with E-state index < -0.39 is 0 Å². The fraction of sp³-hybridized carbons (Fsp3) is 0.118. The molecule has 1 amide bonds. The van der Waals surface area contributed by atoms with E-state index in [9.17, 15) is 9.18 Å². The minimum Gasteiger partial charge on any atom is -0.495 e. The molecule has 0 bridgehead atoms. The van der Waals surface area contributed by atoms with Gasteiger partial charge in [-0.1, -0.05) is 23.9 Å². The maximum absolute atomic E-state index is 12.9. The second-order valence-electron chi connectivity index (χ2n) is 4.92. The smallest absolute Gasteiger partial charge is 0.277 e. The van der Waals surface area contributed by atoms with E-state index in [0.29, 0.717) is 17.0 Å². The lowest BCUT2D eigenvalue weighted by atomic mass is 10.2. The normalized spacial score (nSPS) is 10.5. The van der Waals surface area contributed by atoms with Crippen LogP contribution in [0, 0.1) is 5.82 Å². The van der Waals surface area contributed by atoms with E-state index in [1.54, 1.807) is 30.3 Å². The van der Waals surface area contributed by atoms with Gasteiger partial charge in [0.25, 0.3) is 5.22 Å². The molecule has 1 N–H and O–H groups in total. The van der Waals surface area contributed by atoms with Crippen molar-refractivity contribution in [1.82, 2.24) is 10.2 Å². The Hall–Kier alpha value is -2.87. The minimum atomic E-state index is -0.342. The standard InChI is InChI=1S/C17H14FN3O3S/c1-23-14-5-3-2-4-13(14)19-15(22)10-25-17-21-20-16(24-17)11-6-8-12(18)9-7-11/h2-9H,10H2,1H3,(H,19,22). The van der Waals surface area contributed by atoms with Crippen molar-refractivity contribution in [2.45, 2.75) is 5.22 Å². The first-order valence-corrected chi connectivity index (χ1v) is 8.29. The van der Waals surface area contributed by atoms with Crippen molar-refractivity contribution < 1.29 is 18.3 Å². The third-order valence-corrected chi connectivity index (χ3v) is 4.02. The Labute approximate surface area is 147 Å². The van der Waals surface area contributed by atoms with Crippen molar-refractivity contribution in [3.8, 4) is 17.2 Å². The van der Waals surface area contributed by atoms with Crippen molar-refractivity contribution in [3.05, 3.63) is 54.3 Å². The largest absolute Gasteiger partial charge is 0.495 e. The number of halogens is 1. The van der Waals surface area contributed by atoms with E-state index in [4.69, 9.17) is 9.15 Å². The summed E-state index contributed by atoms with van der Waals surface area (Å²) < 4.78 is 23.6. The number of anilines is 1. The average Bonchev–Trinajstić information content (AvgIpc) is 3.10. The van der Waals surface area contributed by atoms with Gasteiger partial charge in [-0.15, -0.1) is 10.2 Å². The van der Waals surface area contributed by atoms with Crippen molar-refractivity contribution in [1.29, 1.82) is 0 Å². The van der Waals surface area contributed by atoms with Gasteiger partial charge in [-0.3, -0.25) is 4.79 Å². The maximum Gasteiger partial charge on any atom is 0.277 e. The number of rotatable bonds is 6. The van der Waals surface area contributed by atoms with Gasteiger partial charge < -0.3 is 14.5 Å². The Morgan fingerprint density at radius 3 is 2.72 bits per heavy atom. The van der Waals surface area contributed by atoms with Gasteiger partial charge in [0.2, 0.25) is 11.8 Å². The Bertz CT molecular complexity index is 868. The number of hydrogen-bond donors (Lipinski definition) is 1. The van der Waals surface area contributed by atoms with Crippen LogP contribution in [0.3, 0.4) is 0 Å². The van der Waals surface area contributed by atoms with Crippen LogP contribution in [0.4, 0.5) is 10.1 Å². The summed E-state index contributed by atoms with van der Waals surface area (Å²) >= 11 is 1.11. The number of nitrogens with zero attached hydrogens (tertiary/aromatic N) is 2. The molecule has 1 heterocycles. The van der Waals surface area contributed by atoms with Crippen molar-refractivity contribution in [2.75, 3.05) is 18.2 Å². The fourth-order valence-electron chi connectivity index (χ4n) is 2.04. The number of thioether (sulfide) groups is 1. The molecule has 25 heavy (non-hydrogen) atoms. The van der Waals surface area contributed by atoms with Crippen LogP contribution in [0.5, 0.6) is 5.75 Å². The second-order valence-corrected chi connectivity index (χ2v) is 5.84. The zero-order valence-electron chi connectivity index (χ0n) is 13.2. The molecule has 0 aliphatic carbocycles. The molecular weight excluding hydrogens is 345 g/mol. The number of para-hydroxylation sites is 2. The van der Waals surface area contributed by atoms with Crippen LogP contribution in [-0.4, -0.2) is 29.0 Å². The van der Waals surface area contributed by atoms with E-state index in [0.717, 1.165) is 11.8 Å². The van der Waals surface area contributed by atoms with Gasteiger partial charge in [0, 0.05) is 5.56 Å². The molecule has 128 valence electrons. The number of nitrogens with one attached hydrogen (secondary N) is 1. The monoisotopic (exact) mass is 359 g/mol. The lowest BCUT2D eigenvalue weighted by Gasteiger charge is -2.08. The van der Waals surface area contributed by atoms with Gasteiger partial charge in [-0.2, -0.15) is 0 Å². The first kappa shape index (κ1) is 17.0. The molecule has 0 spiro atoms. The molecule has 0 aliphatic heterocycles. The molecule has 1 aromatic heterocycles. The van der Waals surface area contributed by atoms with Crippen LogP contribution in [0.1, 0.15) is 0 Å². The van der Waals surface area contributed by atoms with Gasteiger partial charge in [0.15, 0.2) is 0 Å². The molecule has 2 aromatic carbocycles. The molecule has 0 saturated carbocycles. The number of hydrogen-bond acceptors (Lipinski definition) is 6. The summed E-state index contributed by atoms with van der Waals surface area (Å²) in [5, 5.41) is 10.8. The lowest BCUT2D eigenvalue weighted by molar-refractivity contribution is -0.113. The Balaban J connectivity index is 1.58. The molecule has 0 radical (unpaired) electrons. The third-order valence-electron chi connectivity index (χ3n) is 3.21. The Morgan fingerprint density at radius 1 is 1.20 bits per heavy atom. The number of benzene rings is 2. The molecular formula is C17H14FN3O3S. The summed E-state index contributed by atoms with van der Waals surface area (Å²) in [6, 6.07) is 12.9. The SMILES string of the molecule is COc1ccccc1NC(=O)CSc1nnc(-c2ccc(F)cc2)o1. The Kier molecular flexibility index (Phi) is 5.30. The van der Waals surface area contributed by atoms with Gasteiger partial charge in [0.1, 0.15) is 11.6 Å². The van der Waals surface area contributed by atoms with Gasteiger partial charge in [-0.05, 0) is 36.4 Å². The second kappa shape index (κ2) is 7.80. The first-order valence-electron chi connectivity index (χ1n) is 7.31. The fourth-order valence-corrected chi connectivity index (χ4v) is 2.60.